The average Bonchev–Trinajstić information content (AvgIpc) is 2.88. The molecule has 0 saturated heterocycles. The molecule has 7 heteroatoms. The number of hydrogen-bond acceptors (Lipinski definition) is 4. The molecule has 19 heavy (non-hydrogen) atoms. The Labute approximate surface area is 115 Å². The molecule has 1 rings (SSSR count). The summed E-state index contributed by atoms with van der Waals surface area (Å²) in [6.07, 6.45) is 1.51. The average molecular weight is 284 g/mol. The van der Waals surface area contributed by atoms with Crippen LogP contribution in [0.2, 0.25) is 0 Å². The molecular weight excluding hydrogens is 268 g/mol. The molecule has 0 aromatic carbocycles. The first kappa shape index (κ1) is 15.2. The van der Waals surface area contributed by atoms with Gasteiger partial charge in [0.2, 0.25) is 0 Å². The second kappa shape index (κ2) is 7.55. The second-order valence-electron chi connectivity index (χ2n) is 3.69. The van der Waals surface area contributed by atoms with Crippen LogP contribution in [0.15, 0.2) is 30.2 Å². The molecule has 3 N–H and O–H groups in total. The Balaban J connectivity index is 2.75. The smallest absolute Gasteiger partial charge is 0.331 e. The Morgan fingerprint density at radius 2 is 2.32 bits per heavy atom. The number of carboxylic acids is 1. The zero-order valence-electron chi connectivity index (χ0n) is 10.3. The molecule has 1 aromatic heterocycles. The molecule has 1 aromatic rings. The largest absolute Gasteiger partial charge is 0.479 e. The van der Waals surface area contributed by atoms with Gasteiger partial charge in [-0.3, -0.25) is 0 Å². The highest BCUT2D eigenvalue weighted by Gasteiger charge is 2.25. The van der Waals surface area contributed by atoms with Crippen LogP contribution >= 0.6 is 11.3 Å². The summed E-state index contributed by atoms with van der Waals surface area (Å²) >= 11 is 1.26. The first-order valence-electron chi connectivity index (χ1n) is 5.63. The lowest BCUT2D eigenvalue weighted by Gasteiger charge is -2.22. The van der Waals surface area contributed by atoms with E-state index in [1.165, 1.54) is 22.3 Å². The van der Waals surface area contributed by atoms with Gasteiger partial charge < -0.3 is 20.4 Å². The van der Waals surface area contributed by atoms with E-state index < -0.39 is 18.0 Å². The Morgan fingerprint density at radius 3 is 2.79 bits per heavy atom. The topological polar surface area (TPSA) is 89.9 Å². The summed E-state index contributed by atoms with van der Waals surface area (Å²) in [5, 5.41) is 22.2. The molecule has 0 fully saturated rings. The fourth-order valence-electron chi connectivity index (χ4n) is 1.48. The quantitative estimate of drug-likeness (QED) is 0.653. The van der Waals surface area contributed by atoms with Crippen LogP contribution in [0, 0.1) is 0 Å². The van der Waals surface area contributed by atoms with Gasteiger partial charge in [-0.15, -0.1) is 17.9 Å². The van der Waals surface area contributed by atoms with Crippen molar-refractivity contribution in [3.05, 3.63) is 35.0 Å². The maximum Gasteiger partial charge on any atom is 0.331 e. The van der Waals surface area contributed by atoms with Gasteiger partial charge in [0.25, 0.3) is 0 Å². The Morgan fingerprint density at radius 1 is 1.58 bits per heavy atom. The van der Waals surface area contributed by atoms with Gasteiger partial charge in [-0.2, -0.15) is 0 Å². The van der Waals surface area contributed by atoms with E-state index in [4.69, 9.17) is 10.2 Å². The maximum atomic E-state index is 11.9. The lowest BCUT2D eigenvalue weighted by Crippen LogP contribution is -2.44. The van der Waals surface area contributed by atoms with E-state index >= 15 is 0 Å². The molecule has 0 spiro atoms. The highest BCUT2D eigenvalue weighted by atomic mass is 32.1. The predicted molar refractivity (Wildman–Crippen MR) is 72.1 cm³/mol. The van der Waals surface area contributed by atoms with Crippen LogP contribution in [-0.2, 0) is 4.79 Å². The number of amides is 2. The first-order valence-corrected chi connectivity index (χ1v) is 6.51. The third kappa shape index (κ3) is 4.38. The van der Waals surface area contributed by atoms with Crippen molar-refractivity contribution < 1.29 is 19.8 Å². The van der Waals surface area contributed by atoms with Crippen molar-refractivity contribution in [3.63, 3.8) is 0 Å². The van der Waals surface area contributed by atoms with Gasteiger partial charge in [0.15, 0.2) is 6.04 Å². The lowest BCUT2D eigenvalue weighted by molar-refractivity contribution is -0.139. The normalized spacial score (nSPS) is 11.6. The van der Waals surface area contributed by atoms with E-state index in [-0.39, 0.29) is 19.7 Å². The Hall–Kier alpha value is -1.86. The number of hydrogen-bond donors (Lipinski definition) is 3. The number of aliphatic carboxylic acids is 1. The molecule has 0 aliphatic rings. The second-order valence-corrected chi connectivity index (χ2v) is 4.67. The molecule has 0 aliphatic heterocycles. The number of nitrogens with one attached hydrogen (secondary N) is 1. The van der Waals surface area contributed by atoms with Crippen molar-refractivity contribution in [1.29, 1.82) is 0 Å². The number of carbonyl (C=O) groups excluding carboxylic acids is 1. The third-order valence-electron chi connectivity index (χ3n) is 2.35. The van der Waals surface area contributed by atoms with E-state index in [2.05, 4.69) is 11.9 Å². The van der Waals surface area contributed by atoms with Crippen LogP contribution in [0.1, 0.15) is 10.9 Å². The summed E-state index contributed by atoms with van der Waals surface area (Å²) in [4.78, 5) is 24.9. The van der Waals surface area contributed by atoms with Gasteiger partial charge >= 0.3 is 12.0 Å². The molecule has 6 nitrogen and oxygen atoms in total. The summed E-state index contributed by atoms with van der Waals surface area (Å²) in [7, 11) is 0. The van der Waals surface area contributed by atoms with Crippen molar-refractivity contribution >= 4 is 23.3 Å². The van der Waals surface area contributed by atoms with E-state index in [0.717, 1.165) is 0 Å². The van der Waals surface area contributed by atoms with Crippen molar-refractivity contribution in [2.24, 2.45) is 0 Å². The van der Waals surface area contributed by atoms with E-state index in [9.17, 15) is 9.59 Å². The lowest BCUT2D eigenvalue weighted by atomic mass is 10.2. The van der Waals surface area contributed by atoms with Gasteiger partial charge in [0, 0.05) is 18.0 Å². The number of aliphatic hydroxyl groups excluding tert-OH is 1. The van der Waals surface area contributed by atoms with Crippen LogP contribution in [0.3, 0.4) is 0 Å². The molecule has 1 heterocycles. The minimum absolute atomic E-state index is 0.120. The number of urea groups is 1. The Bertz CT molecular complexity index is 433. The zero-order chi connectivity index (χ0) is 14.3. The van der Waals surface area contributed by atoms with Crippen LogP contribution in [0.5, 0.6) is 0 Å². The van der Waals surface area contributed by atoms with Gasteiger partial charge in [-0.1, -0.05) is 12.1 Å². The Kier molecular flexibility index (Phi) is 6.04. The molecule has 0 radical (unpaired) electrons. The van der Waals surface area contributed by atoms with Gasteiger partial charge in [-0.25, -0.2) is 9.59 Å². The molecule has 1 atom stereocenters. The molecular formula is C12H16N2O4S. The fraction of sp³-hybridized carbons (Fsp3) is 0.333. The SMILES string of the molecule is C=CCN(CCO)C(=O)NC(C(=O)O)c1cccs1. The molecule has 0 aliphatic carbocycles. The number of aliphatic hydroxyl groups is 1. The van der Waals surface area contributed by atoms with E-state index in [0.29, 0.717) is 4.88 Å². The summed E-state index contributed by atoms with van der Waals surface area (Å²) in [5.41, 5.74) is 0. The molecule has 0 bridgehead atoms. The minimum Gasteiger partial charge on any atom is -0.479 e. The number of carboxylic acid groups (broad SMARTS) is 1. The highest BCUT2D eigenvalue weighted by molar-refractivity contribution is 7.10. The van der Waals surface area contributed by atoms with E-state index in [1.807, 2.05) is 0 Å². The first-order chi connectivity index (χ1) is 9.10. The van der Waals surface area contributed by atoms with Gasteiger partial charge in [-0.05, 0) is 11.4 Å². The fourth-order valence-corrected chi connectivity index (χ4v) is 2.24. The number of rotatable bonds is 7. The summed E-state index contributed by atoms with van der Waals surface area (Å²) < 4.78 is 0. The molecule has 0 saturated carbocycles. The minimum atomic E-state index is -1.13. The zero-order valence-corrected chi connectivity index (χ0v) is 11.1. The van der Waals surface area contributed by atoms with Crippen molar-refractivity contribution in [2.45, 2.75) is 6.04 Å². The van der Waals surface area contributed by atoms with Crippen LogP contribution in [-0.4, -0.2) is 46.8 Å². The van der Waals surface area contributed by atoms with Crippen LogP contribution in [0.25, 0.3) is 0 Å². The van der Waals surface area contributed by atoms with Crippen LogP contribution < -0.4 is 5.32 Å². The number of thiophene rings is 1. The summed E-state index contributed by atoms with van der Waals surface area (Å²) in [5.74, 6) is -1.13. The number of nitrogens with zero attached hydrogens (tertiary/aromatic N) is 1. The number of carbonyl (C=O) groups is 2. The van der Waals surface area contributed by atoms with Crippen molar-refractivity contribution in [2.75, 3.05) is 19.7 Å². The predicted octanol–water partition coefficient (Wildman–Crippen LogP) is 1.06. The maximum absolute atomic E-state index is 11.9. The molecule has 2 amide bonds. The summed E-state index contributed by atoms with van der Waals surface area (Å²) in [6, 6.07) is 1.73. The third-order valence-corrected chi connectivity index (χ3v) is 3.29. The van der Waals surface area contributed by atoms with Crippen LogP contribution in [0.4, 0.5) is 4.79 Å². The van der Waals surface area contributed by atoms with Crippen molar-refractivity contribution in [3.8, 4) is 0 Å². The van der Waals surface area contributed by atoms with Gasteiger partial charge in [0.1, 0.15) is 0 Å². The molecule has 1 unspecified atom stereocenters. The standard InChI is InChI=1S/C12H16N2O4S/c1-2-5-14(6-7-15)12(18)13-10(11(16)17)9-4-3-8-19-9/h2-4,8,10,15H,1,5-7H2,(H,13,18)(H,16,17). The molecule has 104 valence electrons. The van der Waals surface area contributed by atoms with E-state index in [1.54, 1.807) is 17.5 Å². The van der Waals surface area contributed by atoms with Crippen molar-refractivity contribution in [1.82, 2.24) is 10.2 Å². The summed E-state index contributed by atoms with van der Waals surface area (Å²) in [6.45, 7) is 3.67. The highest BCUT2D eigenvalue weighted by Crippen LogP contribution is 2.19. The monoisotopic (exact) mass is 284 g/mol. The van der Waals surface area contributed by atoms with Gasteiger partial charge in [0.05, 0.1) is 6.61 Å².